The van der Waals surface area contributed by atoms with E-state index in [4.69, 9.17) is 16.3 Å². The topological polar surface area (TPSA) is 87.2 Å². The number of anilines is 1. The van der Waals surface area contributed by atoms with Crippen molar-refractivity contribution < 1.29 is 24.2 Å². The number of aliphatic hydroxyl groups is 1. The van der Waals surface area contributed by atoms with Gasteiger partial charge in [0, 0.05) is 18.3 Å². The van der Waals surface area contributed by atoms with Crippen molar-refractivity contribution in [1.82, 2.24) is 4.90 Å². The molecular formula is C23H27ClN2O5S. The minimum absolute atomic E-state index is 0.0265. The summed E-state index contributed by atoms with van der Waals surface area (Å²) in [6.45, 7) is 5.73. The number of benzene rings is 1. The first-order chi connectivity index (χ1) is 15.4. The molecule has 3 aliphatic rings. The molecule has 172 valence electrons. The van der Waals surface area contributed by atoms with Gasteiger partial charge in [-0.15, -0.1) is 18.3 Å². The van der Waals surface area contributed by atoms with Crippen LogP contribution >= 0.6 is 23.4 Å². The molecule has 1 spiro atoms. The van der Waals surface area contributed by atoms with Crippen molar-refractivity contribution in [3.05, 3.63) is 41.9 Å². The maximum absolute atomic E-state index is 14.1. The van der Waals surface area contributed by atoms with Crippen LogP contribution in [0.1, 0.15) is 19.8 Å². The van der Waals surface area contributed by atoms with Crippen LogP contribution in [-0.4, -0.2) is 70.1 Å². The zero-order chi connectivity index (χ0) is 23.0. The number of halogens is 1. The lowest BCUT2D eigenvalue weighted by Gasteiger charge is -2.37. The number of likely N-dealkylation sites (tertiary alicyclic amines) is 1. The zero-order valence-corrected chi connectivity index (χ0v) is 19.5. The lowest BCUT2D eigenvalue weighted by molar-refractivity contribution is -0.153. The Kier molecular flexibility index (Phi) is 6.56. The zero-order valence-electron chi connectivity index (χ0n) is 17.9. The summed E-state index contributed by atoms with van der Waals surface area (Å²) in [6.07, 6.45) is 3.00. The Balaban J connectivity index is 1.77. The van der Waals surface area contributed by atoms with Gasteiger partial charge in [0.1, 0.15) is 6.04 Å². The minimum Gasteiger partial charge on any atom is -0.466 e. The van der Waals surface area contributed by atoms with Gasteiger partial charge in [0.15, 0.2) is 0 Å². The van der Waals surface area contributed by atoms with Crippen molar-refractivity contribution in [3.63, 3.8) is 0 Å². The number of carbonyl (C=O) groups is 3. The molecule has 0 saturated carbocycles. The van der Waals surface area contributed by atoms with Gasteiger partial charge in [0.05, 0.1) is 40.5 Å². The number of nitrogens with zero attached hydrogens (tertiary/aromatic N) is 2. The summed E-state index contributed by atoms with van der Waals surface area (Å²) in [7, 11) is 0. The fraction of sp³-hybridized carbons (Fsp3) is 0.522. The number of thioether (sulfide) groups is 1. The number of β-amino-alcohol motifs (C(OH)–C–C–N with tert-alkyl or cyclic N) is 1. The molecule has 4 rings (SSSR count). The first-order valence-electron chi connectivity index (χ1n) is 10.8. The summed E-state index contributed by atoms with van der Waals surface area (Å²) >= 11 is 7.97. The number of amides is 2. The van der Waals surface area contributed by atoms with Crippen molar-refractivity contribution in [3.8, 4) is 0 Å². The third-order valence-electron chi connectivity index (χ3n) is 6.65. The number of fused-ring (bicyclic) bond motifs is 1. The smallest absolute Gasteiger partial charge is 0.310 e. The van der Waals surface area contributed by atoms with E-state index in [1.54, 1.807) is 53.9 Å². The number of esters is 1. The average molecular weight is 479 g/mol. The molecule has 3 saturated heterocycles. The fourth-order valence-electron chi connectivity index (χ4n) is 5.54. The van der Waals surface area contributed by atoms with Crippen LogP contribution in [0.4, 0.5) is 5.69 Å². The SMILES string of the molecule is C=CCN(C(=O)C1N(CCO)C(=O)[C@@H]2[C@H](C(=O)OCC)[C@@H]3CCC12S3)c1ccccc1Cl. The van der Waals surface area contributed by atoms with Gasteiger partial charge < -0.3 is 19.6 Å². The Labute approximate surface area is 196 Å². The van der Waals surface area contributed by atoms with E-state index >= 15 is 0 Å². The third-order valence-corrected chi connectivity index (χ3v) is 8.93. The predicted molar refractivity (Wildman–Crippen MR) is 124 cm³/mol. The van der Waals surface area contributed by atoms with E-state index < -0.39 is 22.6 Å². The maximum Gasteiger partial charge on any atom is 0.310 e. The Hall–Kier alpha value is -2.03. The summed E-state index contributed by atoms with van der Waals surface area (Å²) in [5.74, 6) is -2.13. The van der Waals surface area contributed by atoms with Crippen LogP contribution in [0, 0.1) is 11.8 Å². The highest BCUT2D eigenvalue weighted by molar-refractivity contribution is 8.02. The van der Waals surface area contributed by atoms with Gasteiger partial charge in [-0.25, -0.2) is 0 Å². The Morgan fingerprint density at radius 3 is 2.84 bits per heavy atom. The Morgan fingerprint density at radius 2 is 2.19 bits per heavy atom. The van der Waals surface area contributed by atoms with Crippen LogP contribution in [0.25, 0.3) is 0 Å². The van der Waals surface area contributed by atoms with Crippen LogP contribution in [0.15, 0.2) is 36.9 Å². The maximum atomic E-state index is 14.1. The number of ether oxygens (including phenoxy) is 1. The normalized spacial score (nSPS) is 30.3. The van der Waals surface area contributed by atoms with Crippen molar-refractivity contribution in [2.75, 3.05) is 31.2 Å². The van der Waals surface area contributed by atoms with E-state index in [-0.39, 0.29) is 49.3 Å². The molecule has 0 radical (unpaired) electrons. The van der Waals surface area contributed by atoms with Crippen molar-refractivity contribution in [2.24, 2.45) is 11.8 Å². The monoisotopic (exact) mass is 478 g/mol. The van der Waals surface area contributed by atoms with Crippen LogP contribution in [0.2, 0.25) is 5.02 Å². The van der Waals surface area contributed by atoms with Crippen LogP contribution in [0.3, 0.4) is 0 Å². The van der Waals surface area contributed by atoms with E-state index in [9.17, 15) is 19.5 Å². The molecule has 32 heavy (non-hydrogen) atoms. The van der Waals surface area contributed by atoms with Gasteiger partial charge in [0.25, 0.3) is 5.91 Å². The number of carbonyl (C=O) groups excluding carboxylic acids is 3. The van der Waals surface area contributed by atoms with Crippen LogP contribution in [0.5, 0.6) is 0 Å². The van der Waals surface area contributed by atoms with E-state index in [1.165, 1.54) is 4.90 Å². The quantitative estimate of drug-likeness (QED) is 0.456. The Bertz CT molecular complexity index is 943. The standard InChI is InChI=1S/C23H27ClN2O5S/c1-3-11-25(15-8-6-5-7-14(15)24)21(29)19-23-10-9-16(32-23)17(22(30)31-4-2)18(23)20(28)26(19)12-13-27/h3,5-8,16-19,27H,1,4,9-13H2,2H3/t16-,17+,18-,19?,23?/m0/s1. The lowest BCUT2D eigenvalue weighted by Crippen LogP contribution is -2.55. The molecule has 7 nitrogen and oxygen atoms in total. The molecule has 2 amide bonds. The highest BCUT2D eigenvalue weighted by Crippen LogP contribution is 2.66. The third kappa shape index (κ3) is 3.43. The largest absolute Gasteiger partial charge is 0.466 e. The average Bonchev–Trinajstić information content (AvgIpc) is 3.41. The molecule has 0 aliphatic carbocycles. The number of hydrogen-bond acceptors (Lipinski definition) is 6. The van der Waals surface area contributed by atoms with E-state index in [0.717, 1.165) is 6.42 Å². The predicted octanol–water partition coefficient (Wildman–Crippen LogP) is 2.51. The lowest BCUT2D eigenvalue weighted by atomic mass is 9.71. The minimum atomic E-state index is -0.808. The fourth-order valence-corrected chi connectivity index (χ4v) is 7.98. The molecule has 1 aromatic carbocycles. The molecule has 2 unspecified atom stereocenters. The second-order valence-corrected chi connectivity index (χ2v) is 10.3. The molecule has 3 aliphatic heterocycles. The first-order valence-corrected chi connectivity index (χ1v) is 12.1. The van der Waals surface area contributed by atoms with Gasteiger partial charge in [-0.3, -0.25) is 14.4 Å². The van der Waals surface area contributed by atoms with Crippen molar-refractivity contribution >= 4 is 46.8 Å². The van der Waals surface area contributed by atoms with E-state index in [0.29, 0.717) is 17.1 Å². The molecule has 2 bridgehead atoms. The molecule has 5 atom stereocenters. The van der Waals surface area contributed by atoms with Gasteiger partial charge in [-0.1, -0.05) is 29.8 Å². The second-order valence-electron chi connectivity index (χ2n) is 8.25. The highest BCUT2D eigenvalue weighted by atomic mass is 35.5. The second kappa shape index (κ2) is 9.08. The molecule has 0 aromatic heterocycles. The Morgan fingerprint density at radius 1 is 1.44 bits per heavy atom. The van der Waals surface area contributed by atoms with Gasteiger partial charge in [-0.2, -0.15) is 0 Å². The van der Waals surface area contributed by atoms with Gasteiger partial charge in [-0.05, 0) is 31.9 Å². The number of hydrogen-bond donors (Lipinski definition) is 1. The van der Waals surface area contributed by atoms with Gasteiger partial charge in [0.2, 0.25) is 5.91 Å². The van der Waals surface area contributed by atoms with Gasteiger partial charge >= 0.3 is 5.97 Å². The highest BCUT2D eigenvalue weighted by Gasteiger charge is 2.74. The molecular weight excluding hydrogens is 452 g/mol. The number of rotatable bonds is 8. The molecule has 1 aromatic rings. The first kappa shape index (κ1) is 23.1. The van der Waals surface area contributed by atoms with Crippen LogP contribution < -0.4 is 4.90 Å². The van der Waals surface area contributed by atoms with Crippen molar-refractivity contribution in [1.29, 1.82) is 0 Å². The summed E-state index contributed by atoms with van der Waals surface area (Å²) in [6, 6.07) is 6.24. The number of aliphatic hydroxyl groups excluding tert-OH is 1. The molecule has 1 N–H and O–H groups in total. The molecule has 3 heterocycles. The summed E-state index contributed by atoms with van der Waals surface area (Å²) in [5, 5.41) is 10.0. The molecule has 9 heteroatoms. The summed E-state index contributed by atoms with van der Waals surface area (Å²) < 4.78 is 4.57. The summed E-state index contributed by atoms with van der Waals surface area (Å²) in [4.78, 5) is 43.4. The van der Waals surface area contributed by atoms with Crippen LogP contribution in [-0.2, 0) is 19.1 Å². The van der Waals surface area contributed by atoms with Crippen molar-refractivity contribution in [2.45, 2.75) is 35.8 Å². The molecule has 3 fully saturated rings. The summed E-state index contributed by atoms with van der Waals surface area (Å²) in [5.41, 5.74) is 0.537. The number of para-hydroxylation sites is 1. The van der Waals surface area contributed by atoms with E-state index in [1.807, 2.05) is 0 Å². The van der Waals surface area contributed by atoms with E-state index in [2.05, 4.69) is 6.58 Å².